The topological polar surface area (TPSA) is 76.9 Å². The van der Waals surface area contributed by atoms with Crippen molar-refractivity contribution in [3.05, 3.63) is 56.5 Å². The van der Waals surface area contributed by atoms with Gasteiger partial charge in [0.25, 0.3) is 5.91 Å². The van der Waals surface area contributed by atoms with E-state index < -0.39 is 0 Å². The average molecular weight is 360 g/mol. The monoisotopic (exact) mass is 360 g/mol. The van der Waals surface area contributed by atoms with Gasteiger partial charge in [-0.2, -0.15) is 4.98 Å². The summed E-state index contributed by atoms with van der Waals surface area (Å²) in [6.07, 6.45) is 0. The summed E-state index contributed by atoms with van der Waals surface area (Å²) in [4.78, 5) is 33.4. The second kappa shape index (κ2) is 7.06. The molecule has 0 saturated heterocycles. The molecule has 1 N–H and O–H groups in total. The van der Waals surface area contributed by atoms with Crippen molar-refractivity contribution < 1.29 is 4.79 Å². The lowest BCUT2D eigenvalue weighted by molar-refractivity contribution is 0.0948. The van der Waals surface area contributed by atoms with Gasteiger partial charge in [0.1, 0.15) is 10.7 Å². The summed E-state index contributed by atoms with van der Waals surface area (Å²) in [6, 6.07) is 5.78. The van der Waals surface area contributed by atoms with Crippen LogP contribution >= 0.6 is 22.7 Å². The molecular formula is C16H16N4O2S2. The van der Waals surface area contributed by atoms with Crippen LogP contribution in [-0.2, 0) is 6.54 Å². The van der Waals surface area contributed by atoms with E-state index in [1.54, 1.807) is 28.2 Å². The van der Waals surface area contributed by atoms with Crippen molar-refractivity contribution in [3.8, 4) is 9.88 Å². The van der Waals surface area contributed by atoms with Gasteiger partial charge in [-0.1, -0.05) is 6.07 Å². The van der Waals surface area contributed by atoms with Crippen molar-refractivity contribution in [1.29, 1.82) is 0 Å². The minimum absolute atomic E-state index is 0.236. The first-order valence-electron chi connectivity index (χ1n) is 7.37. The normalized spacial score (nSPS) is 10.8. The zero-order valence-electron chi connectivity index (χ0n) is 13.3. The number of carbonyl (C=O) groups is 1. The fourth-order valence-electron chi connectivity index (χ4n) is 2.31. The van der Waals surface area contributed by atoms with E-state index >= 15 is 0 Å². The highest BCUT2D eigenvalue weighted by Crippen LogP contribution is 2.27. The maximum absolute atomic E-state index is 12.2. The van der Waals surface area contributed by atoms with Gasteiger partial charge in [0.05, 0.1) is 4.88 Å². The van der Waals surface area contributed by atoms with Gasteiger partial charge >= 0.3 is 5.69 Å². The van der Waals surface area contributed by atoms with Gasteiger partial charge in [-0.15, -0.1) is 22.7 Å². The van der Waals surface area contributed by atoms with Gasteiger partial charge in [0, 0.05) is 29.9 Å². The zero-order chi connectivity index (χ0) is 17.1. The predicted molar refractivity (Wildman–Crippen MR) is 95.7 cm³/mol. The number of aromatic nitrogens is 3. The Kier molecular flexibility index (Phi) is 4.86. The van der Waals surface area contributed by atoms with E-state index in [-0.39, 0.29) is 11.6 Å². The highest BCUT2D eigenvalue weighted by molar-refractivity contribution is 7.20. The van der Waals surface area contributed by atoms with Crippen LogP contribution in [0.1, 0.15) is 21.9 Å². The van der Waals surface area contributed by atoms with E-state index in [9.17, 15) is 9.59 Å². The van der Waals surface area contributed by atoms with Gasteiger partial charge in [-0.3, -0.25) is 9.36 Å². The SMILES string of the molecule is Cc1cc(C)n(CCNC(=O)c2csc(-c3cccs3)n2)c(=O)n1. The van der Waals surface area contributed by atoms with E-state index in [0.29, 0.717) is 24.5 Å². The molecule has 0 aliphatic rings. The molecule has 3 aromatic rings. The Balaban J connectivity index is 1.61. The summed E-state index contributed by atoms with van der Waals surface area (Å²) in [5.74, 6) is -0.236. The van der Waals surface area contributed by atoms with Gasteiger partial charge in [-0.05, 0) is 31.4 Å². The second-order valence-electron chi connectivity index (χ2n) is 5.24. The van der Waals surface area contributed by atoms with Gasteiger partial charge < -0.3 is 5.32 Å². The molecule has 0 spiro atoms. The van der Waals surface area contributed by atoms with Crippen molar-refractivity contribution in [2.24, 2.45) is 0 Å². The van der Waals surface area contributed by atoms with Crippen molar-refractivity contribution in [3.63, 3.8) is 0 Å². The molecule has 3 aromatic heterocycles. The first-order chi connectivity index (χ1) is 11.5. The molecule has 0 aliphatic heterocycles. The molecule has 124 valence electrons. The summed E-state index contributed by atoms with van der Waals surface area (Å²) in [5, 5.41) is 7.36. The Hall–Kier alpha value is -2.32. The Morgan fingerprint density at radius 2 is 2.12 bits per heavy atom. The molecule has 24 heavy (non-hydrogen) atoms. The van der Waals surface area contributed by atoms with Crippen LogP contribution < -0.4 is 11.0 Å². The number of hydrogen-bond acceptors (Lipinski definition) is 6. The average Bonchev–Trinajstić information content (AvgIpc) is 3.19. The molecule has 0 radical (unpaired) electrons. The molecule has 0 unspecified atom stereocenters. The van der Waals surface area contributed by atoms with Crippen LogP contribution in [0.15, 0.2) is 33.8 Å². The molecule has 0 bridgehead atoms. The number of nitrogens with one attached hydrogen (secondary N) is 1. The quantitative estimate of drug-likeness (QED) is 0.758. The Bertz CT molecular complexity index is 913. The molecule has 0 aliphatic carbocycles. The number of amides is 1. The van der Waals surface area contributed by atoms with Crippen LogP contribution in [0.5, 0.6) is 0 Å². The molecule has 0 atom stereocenters. The minimum atomic E-state index is -0.296. The van der Waals surface area contributed by atoms with Gasteiger partial charge in [0.15, 0.2) is 0 Å². The first-order valence-corrected chi connectivity index (χ1v) is 9.13. The van der Waals surface area contributed by atoms with Gasteiger partial charge in [0.2, 0.25) is 0 Å². The molecule has 1 amide bonds. The molecule has 0 fully saturated rings. The van der Waals surface area contributed by atoms with Crippen molar-refractivity contribution >= 4 is 28.6 Å². The molecule has 3 heterocycles. The number of nitrogens with zero attached hydrogens (tertiary/aromatic N) is 3. The maximum atomic E-state index is 12.2. The number of hydrogen-bond donors (Lipinski definition) is 1. The zero-order valence-corrected chi connectivity index (χ0v) is 14.9. The lowest BCUT2D eigenvalue weighted by Crippen LogP contribution is -2.33. The number of carbonyl (C=O) groups excluding carboxylic acids is 1. The van der Waals surface area contributed by atoms with Crippen molar-refractivity contribution in [1.82, 2.24) is 19.9 Å². The van der Waals surface area contributed by atoms with Crippen LogP contribution in [-0.4, -0.2) is 27.0 Å². The largest absolute Gasteiger partial charge is 0.349 e. The Morgan fingerprint density at radius 3 is 2.83 bits per heavy atom. The summed E-state index contributed by atoms with van der Waals surface area (Å²) >= 11 is 3.04. The molecule has 8 heteroatoms. The van der Waals surface area contributed by atoms with Crippen molar-refractivity contribution in [2.45, 2.75) is 20.4 Å². The standard InChI is InChI=1S/C16H16N4O2S2/c1-10-8-11(2)20(16(22)18-10)6-5-17-14(21)12-9-24-15(19-12)13-4-3-7-23-13/h3-4,7-9H,5-6H2,1-2H3,(H,17,21). The van der Waals surface area contributed by atoms with E-state index in [2.05, 4.69) is 15.3 Å². The van der Waals surface area contributed by atoms with E-state index in [1.807, 2.05) is 30.5 Å². The number of thiophene rings is 1. The predicted octanol–water partition coefficient (Wildman–Crippen LogP) is 2.48. The van der Waals surface area contributed by atoms with Crippen LogP contribution in [0.2, 0.25) is 0 Å². The second-order valence-corrected chi connectivity index (χ2v) is 7.05. The van der Waals surface area contributed by atoms with E-state index in [4.69, 9.17) is 0 Å². The van der Waals surface area contributed by atoms with Crippen LogP contribution in [0, 0.1) is 13.8 Å². The highest BCUT2D eigenvalue weighted by Gasteiger charge is 2.12. The fourth-order valence-corrected chi connectivity index (χ4v) is 3.92. The van der Waals surface area contributed by atoms with E-state index in [1.165, 1.54) is 11.3 Å². The smallest absolute Gasteiger partial charge is 0.348 e. The Labute approximate surface area is 146 Å². The maximum Gasteiger partial charge on any atom is 0.348 e. The molecular weight excluding hydrogens is 344 g/mol. The van der Waals surface area contributed by atoms with E-state index in [0.717, 1.165) is 15.6 Å². The highest BCUT2D eigenvalue weighted by atomic mass is 32.1. The van der Waals surface area contributed by atoms with Crippen molar-refractivity contribution in [2.75, 3.05) is 6.54 Å². The number of rotatable bonds is 5. The van der Waals surface area contributed by atoms with Crippen LogP contribution in [0.25, 0.3) is 9.88 Å². The lowest BCUT2D eigenvalue weighted by Gasteiger charge is -2.10. The summed E-state index contributed by atoms with van der Waals surface area (Å²) in [5.41, 5.74) is 1.63. The number of thiazole rings is 1. The first kappa shape index (κ1) is 16.5. The third kappa shape index (κ3) is 3.60. The molecule has 0 aromatic carbocycles. The van der Waals surface area contributed by atoms with Gasteiger partial charge in [-0.25, -0.2) is 9.78 Å². The molecule has 0 saturated carbocycles. The third-order valence-corrected chi connectivity index (χ3v) is 5.32. The third-order valence-electron chi connectivity index (χ3n) is 3.44. The molecule has 6 nitrogen and oxygen atoms in total. The molecule has 3 rings (SSSR count). The fraction of sp³-hybridized carbons (Fsp3) is 0.250. The number of aryl methyl sites for hydroxylation is 2. The summed E-state index contributed by atoms with van der Waals surface area (Å²) in [7, 11) is 0. The van der Waals surface area contributed by atoms with Crippen LogP contribution in [0.4, 0.5) is 0 Å². The summed E-state index contributed by atoms with van der Waals surface area (Å²) in [6.45, 7) is 4.36. The minimum Gasteiger partial charge on any atom is -0.349 e. The summed E-state index contributed by atoms with van der Waals surface area (Å²) < 4.78 is 1.55. The lowest BCUT2D eigenvalue weighted by atomic mass is 10.3. The Morgan fingerprint density at radius 1 is 1.29 bits per heavy atom. The van der Waals surface area contributed by atoms with Crippen LogP contribution in [0.3, 0.4) is 0 Å².